The number of anilines is 2. The van der Waals surface area contributed by atoms with Crippen molar-refractivity contribution < 1.29 is 0 Å². The predicted molar refractivity (Wildman–Crippen MR) is 104 cm³/mol. The normalized spacial score (nSPS) is 10.5. The zero-order valence-electron chi connectivity index (χ0n) is 11.5. The Kier molecular flexibility index (Phi) is 4.91. The zero-order chi connectivity index (χ0) is 15.5. The van der Waals surface area contributed by atoms with Crippen LogP contribution in [0.15, 0.2) is 66.7 Å². The maximum absolute atomic E-state index is 6.17. The largest absolute Gasteiger partial charge is 0.353 e. The number of hydrogen-bond donors (Lipinski definition) is 1. The van der Waals surface area contributed by atoms with Gasteiger partial charge in [-0.05, 0) is 70.1 Å². The molecule has 0 saturated carbocycles. The van der Waals surface area contributed by atoms with Crippen molar-refractivity contribution in [3.63, 3.8) is 0 Å². The third kappa shape index (κ3) is 3.57. The van der Waals surface area contributed by atoms with E-state index in [1.54, 1.807) is 0 Å². The molecule has 0 saturated heterocycles. The van der Waals surface area contributed by atoms with Crippen LogP contribution in [0.3, 0.4) is 0 Å². The molecule has 0 bridgehead atoms. The standard InChI is InChI=1S/C18H12Cl2IN/c19-16-2-1-3-17(20)18(16)22-15-10-6-13(7-11-15)12-4-8-14(21)9-5-12/h1-11,22H. The van der Waals surface area contributed by atoms with Crippen LogP contribution >= 0.6 is 45.8 Å². The number of benzene rings is 3. The molecule has 22 heavy (non-hydrogen) atoms. The molecule has 0 amide bonds. The van der Waals surface area contributed by atoms with Crippen molar-refractivity contribution in [3.05, 3.63) is 80.3 Å². The highest BCUT2D eigenvalue weighted by Gasteiger charge is 2.05. The third-order valence-corrected chi connectivity index (χ3v) is 4.64. The van der Waals surface area contributed by atoms with Crippen molar-refractivity contribution in [1.82, 2.24) is 0 Å². The molecule has 1 N–H and O–H groups in total. The Labute approximate surface area is 153 Å². The molecule has 110 valence electrons. The molecule has 3 aromatic carbocycles. The summed E-state index contributed by atoms with van der Waals surface area (Å²) < 4.78 is 1.23. The lowest BCUT2D eigenvalue weighted by atomic mass is 10.1. The number of rotatable bonds is 3. The van der Waals surface area contributed by atoms with Crippen molar-refractivity contribution >= 4 is 57.2 Å². The lowest BCUT2D eigenvalue weighted by molar-refractivity contribution is 1.53. The van der Waals surface area contributed by atoms with E-state index in [0.717, 1.165) is 11.4 Å². The van der Waals surface area contributed by atoms with Gasteiger partial charge in [0, 0.05) is 9.26 Å². The summed E-state index contributed by atoms with van der Waals surface area (Å²) in [6, 6.07) is 22.1. The summed E-state index contributed by atoms with van der Waals surface area (Å²) in [6.45, 7) is 0. The molecule has 3 aromatic rings. The quantitative estimate of drug-likeness (QED) is 0.433. The molecule has 0 unspecified atom stereocenters. The van der Waals surface area contributed by atoms with Crippen LogP contribution in [0.4, 0.5) is 11.4 Å². The molecular formula is C18H12Cl2IN. The maximum Gasteiger partial charge on any atom is 0.0762 e. The van der Waals surface area contributed by atoms with Crippen LogP contribution in [0.2, 0.25) is 10.0 Å². The van der Waals surface area contributed by atoms with E-state index >= 15 is 0 Å². The summed E-state index contributed by atoms with van der Waals surface area (Å²) in [5, 5.41) is 4.47. The molecule has 3 rings (SSSR count). The minimum atomic E-state index is 0.606. The molecule has 0 spiro atoms. The van der Waals surface area contributed by atoms with Crippen molar-refractivity contribution in [3.8, 4) is 11.1 Å². The summed E-state index contributed by atoms with van der Waals surface area (Å²) >= 11 is 14.7. The van der Waals surface area contributed by atoms with E-state index in [1.807, 2.05) is 30.3 Å². The Hall–Kier alpha value is -1.23. The van der Waals surface area contributed by atoms with Gasteiger partial charge in [0.25, 0.3) is 0 Å². The highest BCUT2D eigenvalue weighted by atomic mass is 127. The van der Waals surface area contributed by atoms with Crippen LogP contribution in [0.5, 0.6) is 0 Å². The second-order valence-corrected chi connectivity index (χ2v) is 6.87. The molecule has 0 aliphatic carbocycles. The summed E-state index contributed by atoms with van der Waals surface area (Å²) in [7, 11) is 0. The van der Waals surface area contributed by atoms with Gasteiger partial charge in [0.05, 0.1) is 15.7 Å². The molecule has 0 radical (unpaired) electrons. The summed E-state index contributed by atoms with van der Waals surface area (Å²) in [6.07, 6.45) is 0. The van der Waals surface area contributed by atoms with Gasteiger partial charge < -0.3 is 5.32 Å². The molecule has 0 aliphatic heterocycles. The van der Waals surface area contributed by atoms with Gasteiger partial charge in [-0.25, -0.2) is 0 Å². The van der Waals surface area contributed by atoms with Gasteiger partial charge in [-0.15, -0.1) is 0 Å². The SMILES string of the molecule is Clc1cccc(Cl)c1Nc1ccc(-c2ccc(I)cc2)cc1. The van der Waals surface area contributed by atoms with Crippen LogP contribution in [0, 0.1) is 3.57 Å². The highest BCUT2D eigenvalue weighted by molar-refractivity contribution is 14.1. The molecule has 0 heterocycles. The van der Waals surface area contributed by atoms with Gasteiger partial charge in [0.15, 0.2) is 0 Å². The molecule has 4 heteroatoms. The van der Waals surface area contributed by atoms with E-state index in [-0.39, 0.29) is 0 Å². The summed E-state index contributed by atoms with van der Waals surface area (Å²) in [5.74, 6) is 0. The Morgan fingerprint density at radius 2 is 1.18 bits per heavy atom. The van der Waals surface area contributed by atoms with E-state index in [2.05, 4.69) is 64.3 Å². The average molecular weight is 440 g/mol. The smallest absolute Gasteiger partial charge is 0.0762 e. The Morgan fingerprint density at radius 3 is 1.73 bits per heavy atom. The maximum atomic E-state index is 6.17. The molecule has 0 atom stereocenters. The fraction of sp³-hybridized carbons (Fsp3) is 0. The van der Waals surface area contributed by atoms with Gasteiger partial charge in [0.1, 0.15) is 0 Å². The molecule has 0 aliphatic rings. The van der Waals surface area contributed by atoms with Crippen molar-refractivity contribution in [2.75, 3.05) is 5.32 Å². The molecular weight excluding hydrogens is 428 g/mol. The fourth-order valence-electron chi connectivity index (χ4n) is 2.15. The Balaban J connectivity index is 1.84. The van der Waals surface area contributed by atoms with Gasteiger partial charge in [-0.2, -0.15) is 0 Å². The van der Waals surface area contributed by atoms with Crippen molar-refractivity contribution in [1.29, 1.82) is 0 Å². The summed E-state index contributed by atoms with van der Waals surface area (Å²) in [4.78, 5) is 0. The molecule has 0 fully saturated rings. The monoisotopic (exact) mass is 439 g/mol. The number of halogens is 3. The average Bonchev–Trinajstić information content (AvgIpc) is 2.53. The van der Waals surface area contributed by atoms with Crippen LogP contribution in [-0.2, 0) is 0 Å². The minimum Gasteiger partial charge on any atom is -0.353 e. The zero-order valence-corrected chi connectivity index (χ0v) is 15.2. The van der Waals surface area contributed by atoms with E-state index in [0.29, 0.717) is 10.0 Å². The van der Waals surface area contributed by atoms with Crippen LogP contribution in [0.25, 0.3) is 11.1 Å². The molecule has 1 nitrogen and oxygen atoms in total. The first-order valence-corrected chi connectivity index (χ1v) is 8.54. The highest BCUT2D eigenvalue weighted by Crippen LogP contribution is 2.33. The first kappa shape index (κ1) is 15.7. The predicted octanol–water partition coefficient (Wildman–Crippen LogP) is 7.01. The molecule has 0 aromatic heterocycles. The van der Waals surface area contributed by atoms with E-state index in [4.69, 9.17) is 23.2 Å². The second-order valence-electron chi connectivity index (χ2n) is 4.81. The number of hydrogen-bond acceptors (Lipinski definition) is 1. The van der Waals surface area contributed by atoms with E-state index < -0.39 is 0 Å². The van der Waals surface area contributed by atoms with Crippen LogP contribution in [0.1, 0.15) is 0 Å². The lowest BCUT2D eigenvalue weighted by Gasteiger charge is -2.11. The van der Waals surface area contributed by atoms with Gasteiger partial charge in [-0.1, -0.05) is 53.5 Å². The lowest BCUT2D eigenvalue weighted by Crippen LogP contribution is -1.92. The third-order valence-electron chi connectivity index (χ3n) is 3.29. The minimum absolute atomic E-state index is 0.606. The van der Waals surface area contributed by atoms with E-state index in [9.17, 15) is 0 Å². The van der Waals surface area contributed by atoms with Gasteiger partial charge >= 0.3 is 0 Å². The number of nitrogens with one attached hydrogen (secondary N) is 1. The first-order valence-electron chi connectivity index (χ1n) is 6.70. The number of para-hydroxylation sites is 1. The van der Waals surface area contributed by atoms with Gasteiger partial charge in [-0.3, -0.25) is 0 Å². The van der Waals surface area contributed by atoms with Gasteiger partial charge in [0.2, 0.25) is 0 Å². The summed E-state index contributed by atoms with van der Waals surface area (Å²) in [5.41, 5.74) is 4.05. The van der Waals surface area contributed by atoms with Crippen LogP contribution < -0.4 is 5.32 Å². The second kappa shape index (κ2) is 6.90. The van der Waals surface area contributed by atoms with E-state index in [1.165, 1.54) is 14.7 Å². The topological polar surface area (TPSA) is 12.0 Å². The van der Waals surface area contributed by atoms with Crippen molar-refractivity contribution in [2.24, 2.45) is 0 Å². The van der Waals surface area contributed by atoms with Crippen LogP contribution in [-0.4, -0.2) is 0 Å². The van der Waals surface area contributed by atoms with Crippen molar-refractivity contribution in [2.45, 2.75) is 0 Å². The Morgan fingerprint density at radius 1 is 0.682 bits per heavy atom. The first-order chi connectivity index (χ1) is 10.6. The Bertz CT molecular complexity index is 763. The fourth-order valence-corrected chi connectivity index (χ4v) is 3.00.